The van der Waals surface area contributed by atoms with E-state index in [4.69, 9.17) is 4.74 Å². The molecule has 0 aliphatic carbocycles. The number of ether oxygens (including phenoxy) is 1. The van der Waals surface area contributed by atoms with Crippen molar-refractivity contribution in [1.29, 1.82) is 0 Å². The zero-order valence-electron chi connectivity index (χ0n) is 13.9. The second kappa shape index (κ2) is 8.45. The van der Waals surface area contributed by atoms with Crippen molar-refractivity contribution in [3.63, 3.8) is 0 Å². The summed E-state index contributed by atoms with van der Waals surface area (Å²) < 4.78 is 18.7. The van der Waals surface area contributed by atoms with Crippen LogP contribution in [-0.2, 0) is 6.61 Å². The second-order valence-electron chi connectivity index (χ2n) is 5.81. The van der Waals surface area contributed by atoms with Gasteiger partial charge in [0, 0.05) is 25.2 Å². The van der Waals surface area contributed by atoms with Gasteiger partial charge in [0.1, 0.15) is 18.2 Å². The van der Waals surface area contributed by atoms with Crippen molar-refractivity contribution in [2.45, 2.75) is 26.1 Å². The van der Waals surface area contributed by atoms with Crippen LogP contribution in [0.25, 0.3) is 0 Å². The number of hydrogen-bond acceptors (Lipinski definition) is 3. The number of amides is 1. The molecule has 128 valence electrons. The van der Waals surface area contributed by atoms with Crippen LogP contribution in [0.4, 0.5) is 4.39 Å². The Balaban J connectivity index is 1.99. The van der Waals surface area contributed by atoms with Gasteiger partial charge in [0.2, 0.25) is 0 Å². The molecule has 5 heteroatoms. The van der Waals surface area contributed by atoms with Gasteiger partial charge in [-0.15, -0.1) is 0 Å². The Morgan fingerprint density at radius 3 is 2.71 bits per heavy atom. The average molecular weight is 331 g/mol. The topological polar surface area (TPSA) is 49.8 Å². The van der Waals surface area contributed by atoms with Gasteiger partial charge in [-0.2, -0.15) is 0 Å². The van der Waals surface area contributed by atoms with Gasteiger partial charge >= 0.3 is 0 Å². The molecular weight excluding hydrogens is 309 g/mol. The summed E-state index contributed by atoms with van der Waals surface area (Å²) in [7, 11) is 1.71. The predicted molar refractivity (Wildman–Crippen MR) is 90.4 cm³/mol. The molecule has 0 spiro atoms. The molecule has 2 rings (SSSR count). The summed E-state index contributed by atoms with van der Waals surface area (Å²) in [6, 6.07) is 13.1. The number of halogens is 1. The highest BCUT2D eigenvalue weighted by molar-refractivity contribution is 5.94. The van der Waals surface area contributed by atoms with Gasteiger partial charge < -0.3 is 14.7 Å². The van der Waals surface area contributed by atoms with Crippen molar-refractivity contribution in [1.82, 2.24) is 4.90 Å². The van der Waals surface area contributed by atoms with Crippen LogP contribution in [0.2, 0.25) is 0 Å². The van der Waals surface area contributed by atoms with E-state index in [9.17, 15) is 14.3 Å². The largest absolute Gasteiger partial charge is 0.489 e. The number of carbonyl (C=O) groups is 1. The summed E-state index contributed by atoms with van der Waals surface area (Å²) in [6.07, 6.45) is 0.0937. The standard InChI is InChI=1S/C19H22FNO3/c1-14(22)9-10-21(2)19(23)16-6-3-5-15(11-16)13-24-18-8-4-7-17(20)12-18/h3-8,11-12,14,22H,9-10,13H2,1-2H3. The third kappa shape index (κ3) is 5.35. The van der Waals surface area contributed by atoms with Crippen LogP contribution in [-0.4, -0.2) is 35.6 Å². The fraction of sp³-hybridized carbons (Fsp3) is 0.316. The average Bonchev–Trinajstić information content (AvgIpc) is 2.57. The number of hydrogen-bond donors (Lipinski definition) is 1. The number of nitrogens with zero attached hydrogens (tertiary/aromatic N) is 1. The maximum absolute atomic E-state index is 13.1. The van der Waals surface area contributed by atoms with E-state index in [1.54, 1.807) is 49.2 Å². The number of aliphatic hydroxyl groups excluding tert-OH is 1. The fourth-order valence-corrected chi connectivity index (χ4v) is 2.22. The Labute approximate surface area is 141 Å². The first-order chi connectivity index (χ1) is 11.5. The maximum atomic E-state index is 13.1. The van der Waals surface area contributed by atoms with Crippen LogP contribution < -0.4 is 4.74 Å². The van der Waals surface area contributed by atoms with Crippen molar-refractivity contribution in [3.05, 3.63) is 65.5 Å². The van der Waals surface area contributed by atoms with Crippen LogP contribution in [0.15, 0.2) is 48.5 Å². The van der Waals surface area contributed by atoms with Crippen LogP contribution in [0.3, 0.4) is 0 Å². The molecule has 0 aliphatic heterocycles. The molecule has 24 heavy (non-hydrogen) atoms. The first-order valence-electron chi connectivity index (χ1n) is 7.86. The summed E-state index contributed by atoms with van der Waals surface area (Å²) >= 11 is 0. The Morgan fingerprint density at radius 1 is 1.25 bits per heavy atom. The molecule has 2 aromatic carbocycles. The van der Waals surface area contributed by atoms with Gasteiger partial charge in [-0.25, -0.2) is 4.39 Å². The van der Waals surface area contributed by atoms with Crippen LogP contribution in [0.5, 0.6) is 5.75 Å². The minimum absolute atomic E-state index is 0.108. The minimum atomic E-state index is -0.439. The van der Waals surface area contributed by atoms with Gasteiger partial charge in [0.05, 0.1) is 6.10 Å². The highest BCUT2D eigenvalue weighted by Crippen LogP contribution is 2.15. The quantitative estimate of drug-likeness (QED) is 0.847. The molecule has 0 radical (unpaired) electrons. The van der Waals surface area contributed by atoms with Gasteiger partial charge in [-0.05, 0) is 43.2 Å². The summed E-state index contributed by atoms with van der Waals surface area (Å²) in [6.45, 7) is 2.44. The molecule has 0 heterocycles. The van der Waals surface area contributed by atoms with Crippen molar-refractivity contribution in [2.75, 3.05) is 13.6 Å². The lowest BCUT2D eigenvalue weighted by Crippen LogP contribution is -2.29. The predicted octanol–water partition coefficient (Wildman–Crippen LogP) is 3.25. The Morgan fingerprint density at radius 2 is 2.00 bits per heavy atom. The van der Waals surface area contributed by atoms with Crippen molar-refractivity contribution in [3.8, 4) is 5.75 Å². The molecule has 0 bridgehead atoms. The smallest absolute Gasteiger partial charge is 0.253 e. The molecule has 0 fully saturated rings. The van der Waals surface area contributed by atoms with Crippen molar-refractivity contribution in [2.24, 2.45) is 0 Å². The lowest BCUT2D eigenvalue weighted by atomic mass is 10.1. The van der Waals surface area contributed by atoms with E-state index in [-0.39, 0.29) is 18.3 Å². The Hall–Kier alpha value is -2.40. The molecule has 1 N–H and O–H groups in total. The van der Waals surface area contributed by atoms with Crippen LogP contribution >= 0.6 is 0 Å². The first kappa shape index (κ1) is 17.9. The van der Waals surface area contributed by atoms with Gasteiger partial charge in [0.15, 0.2) is 0 Å². The van der Waals surface area contributed by atoms with Crippen molar-refractivity contribution >= 4 is 5.91 Å². The van der Waals surface area contributed by atoms with E-state index in [1.165, 1.54) is 12.1 Å². The first-order valence-corrected chi connectivity index (χ1v) is 7.86. The van der Waals surface area contributed by atoms with Crippen LogP contribution in [0, 0.1) is 5.82 Å². The van der Waals surface area contributed by atoms with E-state index >= 15 is 0 Å². The van der Waals surface area contributed by atoms with Gasteiger partial charge in [-0.3, -0.25) is 4.79 Å². The highest BCUT2D eigenvalue weighted by Gasteiger charge is 2.12. The Kier molecular flexibility index (Phi) is 6.32. The molecule has 4 nitrogen and oxygen atoms in total. The molecular formula is C19H22FNO3. The highest BCUT2D eigenvalue weighted by atomic mass is 19.1. The summed E-state index contributed by atoms with van der Waals surface area (Å²) in [5.41, 5.74) is 1.39. The Bertz CT molecular complexity index is 688. The SMILES string of the molecule is CC(O)CCN(C)C(=O)c1cccc(COc2cccc(F)c2)c1. The monoisotopic (exact) mass is 331 g/mol. The molecule has 1 unspecified atom stereocenters. The van der Waals surface area contributed by atoms with Gasteiger partial charge in [0.25, 0.3) is 5.91 Å². The summed E-state index contributed by atoms with van der Waals surface area (Å²) in [5.74, 6) is -0.0137. The maximum Gasteiger partial charge on any atom is 0.253 e. The lowest BCUT2D eigenvalue weighted by Gasteiger charge is -2.18. The van der Waals surface area contributed by atoms with E-state index in [0.29, 0.717) is 24.3 Å². The number of aliphatic hydroxyl groups is 1. The number of benzene rings is 2. The fourth-order valence-electron chi connectivity index (χ4n) is 2.22. The van der Waals surface area contributed by atoms with E-state index in [2.05, 4.69) is 0 Å². The molecule has 0 aliphatic rings. The zero-order chi connectivity index (χ0) is 17.5. The van der Waals surface area contributed by atoms with E-state index < -0.39 is 6.10 Å². The summed E-state index contributed by atoms with van der Waals surface area (Å²) in [4.78, 5) is 14.0. The number of rotatable bonds is 7. The molecule has 1 amide bonds. The second-order valence-corrected chi connectivity index (χ2v) is 5.81. The molecule has 0 aromatic heterocycles. The molecule has 0 saturated carbocycles. The third-order valence-corrected chi connectivity index (χ3v) is 3.60. The lowest BCUT2D eigenvalue weighted by molar-refractivity contribution is 0.0769. The van der Waals surface area contributed by atoms with Gasteiger partial charge in [-0.1, -0.05) is 18.2 Å². The van der Waals surface area contributed by atoms with Crippen LogP contribution in [0.1, 0.15) is 29.3 Å². The zero-order valence-corrected chi connectivity index (χ0v) is 13.9. The molecule has 2 aromatic rings. The van der Waals surface area contributed by atoms with Crippen molar-refractivity contribution < 1.29 is 19.0 Å². The van der Waals surface area contributed by atoms with E-state index in [1.807, 2.05) is 6.07 Å². The normalized spacial score (nSPS) is 11.8. The molecule has 0 saturated heterocycles. The van der Waals surface area contributed by atoms with E-state index in [0.717, 1.165) is 5.56 Å². The summed E-state index contributed by atoms with van der Waals surface area (Å²) in [5, 5.41) is 9.31. The molecule has 1 atom stereocenters. The third-order valence-electron chi connectivity index (χ3n) is 3.60. The number of carbonyl (C=O) groups excluding carboxylic acids is 1. The minimum Gasteiger partial charge on any atom is -0.489 e.